The van der Waals surface area contributed by atoms with Crippen LogP contribution in [0.2, 0.25) is 1.41 Å². The Kier molecular flexibility index (Phi) is 7.06. The summed E-state index contributed by atoms with van der Waals surface area (Å²) in [7, 11) is 1.35. The van der Waals surface area contributed by atoms with Crippen molar-refractivity contribution in [1.82, 2.24) is 0 Å². The third-order valence-electron chi connectivity index (χ3n) is 1.85. The first-order valence-corrected chi connectivity index (χ1v) is 6.16. The molecule has 0 saturated carbocycles. The average molecular weight is 279 g/mol. The molecule has 0 saturated heterocycles. The Morgan fingerprint density at radius 1 is 1.50 bits per heavy atom. The Morgan fingerprint density at radius 2 is 2.00 bits per heavy atom. The maximum absolute atomic E-state index is 12.8. The van der Waals surface area contributed by atoms with Crippen LogP contribution in [-0.4, -0.2) is 25.8 Å². The van der Waals surface area contributed by atoms with Crippen molar-refractivity contribution in [1.29, 1.82) is 0 Å². The molecule has 4 nitrogen and oxygen atoms in total. The lowest BCUT2D eigenvalue weighted by Gasteiger charge is -2.09. The number of carbonyl (C=O) groups excluding carboxylic acids is 1. The van der Waals surface area contributed by atoms with Gasteiger partial charge in [-0.05, 0) is 24.1 Å². The van der Waals surface area contributed by atoms with Gasteiger partial charge < -0.3 is 10.5 Å². The number of esters is 1. The van der Waals surface area contributed by atoms with E-state index in [4.69, 9.17) is 5.98 Å². The van der Waals surface area contributed by atoms with E-state index in [2.05, 4.69) is 4.74 Å². The highest BCUT2D eigenvalue weighted by atomic mass is 31.1. The molecule has 0 heterocycles. The van der Waals surface area contributed by atoms with E-state index in [-0.39, 0.29) is 20.4 Å². The highest BCUT2D eigenvalue weighted by Crippen LogP contribution is 2.09. The highest BCUT2D eigenvalue weighted by molar-refractivity contribution is 7.22. The number of benzene rings is 1. The summed E-state index contributed by atoms with van der Waals surface area (Å²) in [6.45, 7) is 1.54. The van der Waals surface area contributed by atoms with Gasteiger partial charge in [-0.1, -0.05) is 0 Å². The third-order valence-corrected chi connectivity index (χ3v) is 1.85. The zero-order valence-corrected chi connectivity index (χ0v) is 10.8. The molecule has 0 spiro atoms. The average Bonchev–Trinajstić information content (AvgIpc) is 2.35. The fourth-order valence-electron chi connectivity index (χ4n) is 1.19. The Hall–Kier alpha value is -1.39. The molecule has 1 aromatic rings. The van der Waals surface area contributed by atoms with Crippen LogP contribution in [0.25, 0.3) is 0 Å². The molecule has 0 radical (unpaired) electrons. The quantitative estimate of drug-likeness (QED) is 0.675. The largest absolute Gasteiger partial charge is 0.468 e. The Morgan fingerprint density at radius 3 is 2.39 bits per heavy atom. The van der Waals surface area contributed by atoms with Gasteiger partial charge in [0.25, 0.3) is 0 Å². The van der Waals surface area contributed by atoms with Gasteiger partial charge in [-0.15, -0.1) is 0 Å². The molecular formula is C11H14F2NO3P. The number of hydrogen-bond donors (Lipinski definition) is 1. The maximum Gasteiger partial charge on any atom is 0.322 e. The topological polar surface area (TPSA) is 69.4 Å². The molecule has 2 N–H and O–H groups in total. The van der Waals surface area contributed by atoms with Crippen LogP contribution in [0.4, 0.5) is 8.78 Å². The molecule has 0 fully saturated rings. The van der Waals surface area contributed by atoms with Crippen molar-refractivity contribution in [3.05, 3.63) is 35.4 Å². The van der Waals surface area contributed by atoms with Crippen LogP contribution < -0.4 is 5.73 Å². The van der Waals surface area contributed by atoms with Crippen molar-refractivity contribution in [2.24, 2.45) is 5.73 Å². The predicted molar refractivity (Wildman–Crippen MR) is 63.6 cm³/mol. The Labute approximate surface area is 107 Å². The molecule has 7 heteroatoms. The second-order valence-corrected chi connectivity index (χ2v) is 3.61. The van der Waals surface area contributed by atoms with Gasteiger partial charge in [0.15, 0.2) is 8.46 Å². The molecule has 18 heavy (non-hydrogen) atoms. The summed E-state index contributed by atoms with van der Waals surface area (Å²) >= 11 is 0. The summed E-state index contributed by atoms with van der Waals surface area (Å²) in [5, 5.41) is 0. The van der Waals surface area contributed by atoms with Crippen molar-refractivity contribution >= 4 is 14.4 Å². The van der Waals surface area contributed by atoms with Gasteiger partial charge in [0.2, 0.25) is 0 Å². The van der Waals surface area contributed by atoms with E-state index in [9.17, 15) is 13.6 Å². The van der Waals surface area contributed by atoms with Gasteiger partial charge in [0.1, 0.15) is 19.1 Å². The van der Waals surface area contributed by atoms with Gasteiger partial charge in [0.05, 0.1) is 7.11 Å². The van der Waals surface area contributed by atoms with Crippen LogP contribution in [0, 0.1) is 11.6 Å². The normalized spacial score (nSPS) is 12.1. The summed E-state index contributed by atoms with van der Waals surface area (Å²) in [5.74, 6) is -2.09. The van der Waals surface area contributed by atoms with E-state index in [1.165, 1.54) is 7.11 Å². The lowest BCUT2D eigenvalue weighted by molar-refractivity contribution is -0.142. The minimum atomic E-state index is -0.939. The van der Waals surface area contributed by atoms with E-state index in [0.29, 0.717) is 0 Å². The van der Waals surface area contributed by atoms with Crippen LogP contribution in [0.3, 0.4) is 0 Å². The second kappa shape index (κ2) is 8.66. The van der Waals surface area contributed by atoms with E-state index < -0.39 is 23.6 Å². The summed E-state index contributed by atoms with van der Waals surface area (Å²) in [4.78, 5) is 11.1. The van der Waals surface area contributed by atoms with E-state index in [1.807, 2.05) is 5.73 Å². The van der Waals surface area contributed by atoms with Crippen molar-refractivity contribution in [2.45, 2.75) is 12.5 Å². The van der Waals surface area contributed by atoms with Gasteiger partial charge in [0, 0.05) is 12.7 Å². The molecule has 0 bridgehead atoms. The molecule has 100 valence electrons. The van der Waals surface area contributed by atoms with Crippen molar-refractivity contribution in [2.75, 3.05) is 13.8 Å². The summed E-state index contributed by atoms with van der Waals surface area (Å²) in [5.41, 5.74) is 2.26. The number of carbonyl (C=O) groups is 1. The van der Waals surface area contributed by atoms with Gasteiger partial charge in [-0.3, -0.25) is 9.36 Å². The molecule has 0 amide bonds. The van der Waals surface area contributed by atoms with Crippen LogP contribution in [0.1, 0.15) is 5.56 Å². The first kappa shape index (κ1) is 14.7. The maximum atomic E-state index is 12.8. The summed E-state index contributed by atoms with van der Waals surface area (Å²) < 4.78 is 45.9. The summed E-state index contributed by atoms with van der Waals surface area (Å²) in [6, 6.07) is 2.02. The van der Waals surface area contributed by atoms with Gasteiger partial charge in [-0.2, -0.15) is 0 Å². The van der Waals surface area contributed by atoms with Crippen LogP contribution in [-0.2, 0) is 20.5 Å². The zero-order chi connectivity index (χ0) is 14.8. The lowest BCUT2D eigenvalue weighted by Crippen LogP contribution is -2.33. The molecular weight excluding hydrogens is 263 g/mol. The Bertz CT molecular complexity index is 414. The zero-order valence-electron chi connectivity index (χ0n) is 10.9. The molecule has 0 aliphatic heterocycles. The number of nitrogens with two attached hydrogens (primary N) is 1. The second-order valence-electron chi connectivity index (χ2n) is 3.24. The Balaban J connectivity index is 0.000000982. The first-order valence-electron chi connectivity index (χ1n) is 5.40. The number of rotatable bonds is 4. The molecule has 1 aromatic carbocycles. The number of methoxy groups -OCH3 is 1. The number of ether oxygens (including phenoxy) is 1. The van der Waals surface area contributed by atoms with Crippen molar-refractivity contribution < 1.29 is 24.3 Å². The van der Waals surface area contributed by atoms with E-state index in [1.54, 1.807) is 6.66 Å². The number of hydrogen-bond acceptors (Lipinski definition) is 4. The third kappa shape index (κ3) is 6.37. The smallest absolute Gasteiger partial charge is 0.322 e. The highest BCUT2D eigenvalue weighted by Gasteiger charge is 2.15. The van der Waals surface area contributed by atoms with Crippen LogP contribution in [0.15, 0.2) is 18.2 Å². The number of halogens is 2. The SMILES string of the molecule is CP=O.[3H]N[C@@H](Cc1cc(F)cc(F)c1)C(=O)OC. The molecule has 1 atom stereocenters. The van der Waals surface area contributed by atoms with E-state index >= 15 is 0 Å². The van der Waals surface area contributed by atoms with Crippen LogP contribution >= 0.6 is 8.46 Å². The standard InChI is InChI=1S/C10H11F2NO2.CH3OP/c1-15-10(14)9(13)4-6-2-7(11)5-8(12)3-6;1-3-2/h2-3,5,9H,4,13H2,1H3;1H3/t9-;/m0./s1/i/hT. The fourth-order valence-corrected chi connectivity index (χ4v) is 1.19. The molecule has 0 unspecified atom stereocenters. The minimum absolute atomic E-state index is 0.00907. The molecule has 0 aliphatic carbocycles. The van der Waals surface area contributed by atoms with E-state index in [0.717, 1.165) is 18.2 Å². The monoisotopic (exact) mass is 279 g/mol. The minimum Gasteiger partial charge on any atom is -0.468 e. The van der Waals surface area contributed by atoms with Gasteiger partial charge in [-0.25, -0.2) is 8.78 Å². The van der Waals surface area contributed by atoms with Crippen molar-refractivity contribution in [3.63, 3.8) is 0 Å². The lowest BCUT2D eigenvalue weighted by atomic mass is 10.1. The molecule has 1 rings (SSSR count). The summed E-state index contributed by atoms with van der Waals surface area (Å²) in [6.07, 6.45) is -0.00907. The van der Waals surface area contributed by atoms with Crippen molar-refractivity contribution in [3.8, 4) is 0 Å². The molecule has 0 aromatic heterocycles. The molecule has 0 aliphatic rings. The van der Waals surface area contributed by atoms with Gasteiger partial charge >= 0.3 is 5.97 Å². The first-order chi connectivity index (χ1) is 8.98. The fraction of sp³-hybridized carbons (Fsp3) is 0.364. The predicted octanol–water partition coefficient (Wildman–Crippen LogP) is 1.92. The van der Waals surface area contributed by atoms with Crippen LogP contribution in [0.5, 0.6) is 0 Å².